The van der Waals surface area contributed by atoms with Gasteiger partial charge in [0, 0.05) is 17.8 Å². The van der Waals surface area contributed by atoms with Crippen molar-refractivity contribution in [1.82, 2.24) is 24.3 Å². The quantitative estimate of drug-likeness (QED) is 0.477. The first-order chi connectivity index (χ1) is 15.7. The number of piperidine rings is 1. The fraction of sp³-hybridized carbons (Fsp3) is 0.304. The van der Waals surface area contributed by atoms with Gasteiger partial charge in [0.15, 0.2) is 0 Å². The first kappa shape index (κ1) is 21.2. The van der Waals surface area contributed by atoms with Crippen molar-refractivity contribution in [2.24, 2.45) is 0 Å². The zero-order chi connectivity index (χ0) is 23.3. The summed E-state index contributed by atoms with van der Waals surface area (Å²) in [5.41, 5.74) is 8.06. The van der Waals surface area contributed by atoms with Gasteiger partial charge in [0.1, 0.15) is 11.3 Å². The van der Waals surface area contributed by atoms with Crippen molar-refractivity contribution in [3.63, 3.8) is 0 Å². The maximum atomic E-state index is 13.7. The number of benzene rings is 1. The molecule has 2 atom stereocenters. The SMILES string of the molecule is CC1CCCC(c2ccc(C(F)(F)F)cn2)N1C(=O)c1ccc2nc(N)c3cncn3c2c1. The molecule has 7 nitrogen and oxygen atoms in total. The highest BCUT2D eigenvalue weighted by atomic mass is 19.4. The Balaban J connectivity index is 1.53. The second-order valence-corrected chi connectivity index (χ2v) is 8.33. The third kappa shape index (κ3) is 3.65. The molecular weight excluding hydrogens is 433 g/mol. The zero-order valence-corrected chi connectivity index (χ0v) is 17.8. The number of hydrogen-bond acceptors (Lipinski definition) is 5. The van der Waals surface area contributed by atoms with E-state index < -0.39 is 17.8 Å². The van der Waals surface area contributed by atoms with Gasteiger partial charge in [0.05, 0.1) is 40.9 Å². The summed E-state index contributed by atoms with van der Waals surface area (Å²) in [4.78, 5) is 28.0. The lowest BCUT2D eigenvalue weighted by atomic mass is 9.92. The summed E-state index contributed by atoms with van der Waals surface area (Å²) in [6.07, 6.45) is 1.89. The van der Waals surface area contributed by atoms with Crippen LogP contribution in [0.3, 0.4) is 0 Å². The van der Waals surface area contributed by atoms with Crippen LogP contribution < -0.4 is 5.73 Å². The number of imidazole rings is 1. The summed E-state index contributed by atoms with van der Waals surface area (Å²) < 4.78 is 40.7. The summed E-state index contributed by atoms with van der Waals surface area (Å²) in [6.45, 7) is 1.95. The van der Waals surface area contributed by atoms with Crippen molar-refractivity contribution in [1.29, 1.82) is 0 Å². The molecule has 1 saturated heterocycles. The number of nitrogens with zero attached hydrogens (tertiary/aromatic N) is 5. The van der Waals surface area contributed by atoms with Gasteiger partial charge in [-0.1, -0.05) is 0 Å². The highest BCUT2D eigenvalue weighted by Crippen LogP contribution is 2.36. The van der Waals surface area contributed by atoms with Crippen LogP contribution in [0.15, 0.2) is 49.1 Å². The number of nitrogens with two attached hydrogens (primary N) is 1. The molecule has 1 fully saturated rings. The maximum Gasteiger partial charge on any atom is 0.417 e. The molecule has 33 heavy (non-hydrogen) atoms. The summed E-state index contributed by atoms with van der Waals surface area (Å²) in [6, 6.07) is 7.07. The molecule has 5 rings (SSSR count). The molecule has 0 saturated carbocycles. The first-order valence-electron chi connectivity index (χ1n) is 10.6. The Hall–Kier alpha value is -3.69. The van der Waals surface area contributed by atoms with Gasteiger partial charge >= 0.3 is 6.18 Å². The fourth-order valence-corrected chi connectivity index (χ4v) is 4.55. The molecule has 4 heterocycles. The van der Waals surface area contributed by atoms with Crippen molar-refractivity contribution in [2.45, 2.75) is 44.4 Å². The lowest BCUT2D eigenvalue weighted by molar-refractivity contribution is -0.137. The number of rotatable bonds is 2. The Morgan fingerprint density at radius 2 is 1.94 bits per heavy atom. The van der Waals surface area contributed by atoms with Gasteiger partial charge in [-0.3, -0.25) is 14.2 Å². The molecule has 1 amide bonds. The second-order valence-electron chi connectivity index (χ2n) is 8.33. The van der Waals surface area contributed by atoms with Gasteiger partial charge < -0.3 is 10.6 Å². The number of carbonyl (C=O) groups is 1. The van der Waals surface area contributed by atoms with Crippen LogP contribution in [0.1, 0.15) is 53.8 Å². The van der Waals surface area contributed by atoms with Gasteiger partial charge in [0.2, 0.25) is 0 Å². The van der Waals surface area contributed by atoms with Gasteiger partial charge in [-0.25, -0.2) is 9.97 Å². The number of halogens is 3. The predicted octanol–water partition coefficient (Wildman–Crippen LogP) is 4.63. The Morgan fingerprint density at radius 1 is 1.12 bits per heavy atom. The van der Waals surface area contributed by atoms with Crippen LogP contribution in [-0.4, -0.2) is 36.2 Å². The smallest absolute Gasteiger partial charge is 0.382 e. The van der Waals surface area contributed by atoms with E-state index in [1.807, 2.05) is 6.92 Å². The van der Waals surface area contributed by atoms with E-state index in [0.717, 1.165) is 25.1 Å². The van der Waals surface area contributed by atoms with Crippen LogP contribution in [0.4, 0.5) is 19.0 Å². The zero-order valence-electron chi connectivity index (χ0n) is 17.8. The first-order valence-corrected chi connectivity index (χ1v) is 10.6. The number of amides is 1. The molecule has 1 aliphatic heterocycles. The number of pyridine rings is 1. The Bertz CT molecular complexity index is 1350. The third-order valence-corrected chi connectivity index (χ3v) is 6.22. The molecule has 0 radical (unpaired) electrons. The number of carbonyl (C=O) groups excluding carboxylic acids is 1. The Morgan fingerprint density at radius 3 is 2.67 bits per heavy atom. The highest BCUT2D eigenvalue weighted by Gasteiger charge is 2.36. The number of hydrogen-bond donors (Lipinski definition) is 1. The summed E-state index contributed by atoms with van der Waals surface area (Å²) >= 11 is 0. The molecule has 1 aromatic carbocycles. The van der Waals surface area contributed by atoms with Gasteiger partial charge in [-0.05, 0) is 56.5 Å². The van der Waals surface area contributed by atoms with E-state index in [2.05, 4.69) is 15.0 Å². The molecule has 0 aliphatic carbocycles. The topological polar surface area (TPSA) is 89.4 Å². The molecule has 4 aromatic rings. The van der Waals surface area contributed by atoms with E-state index in [1.165, 1.54) is 6.07 Å². The Kier molecular flexibility index (Phi) is 4.95. The second kappa shape index (κ2) is 7.72. The fourth-order valence-electron chi connectivity index (χ4n) is 4.55. The largest absolute Gasteiger partial charge is 0.417 e. The molecule has 10 heteroatoms. The summed E-state index contributed by atoms with van der Waals surface area (Å²) in [5, 5.41) is 0. The molecular formula is C23H21F3N6O. The van der Waals surface area contributed by atoms with Gasteiger partial charge in [-0.15, -0.1) is 0 Å². The predicted molar refractivity (Wildman–Crippen MR) is 116 cm³/mol. The molecule has 1 aliphatic rings. The molecule has 3 aromatic heterocycles. The van der Waals surface area contributed by atoms with Crippen molar-refractivity contribution in [3.05, 3.63) is 65.9 Å². The van der Waals surface area contributed by atoms with Crippen molar-refractivity contribution in [3.8, 4) is 0 Å². The normalized spacial score (nSPS) is 19.3. The van der Waals surface area contributed by atoms with Gasteiger partial charge in [-0.2, -0.15) is 13.2 Å². The van der Waals surface area contributed by atoms with Crippen LogP contribution in [0.2, 0.25) is 0 Å². The minimum absolute atomic E-state index is 0.0890. The van der Waals surface area contributed by atoms with E-state index in [9.17, 15) is 18.0 Å². The minimum Gasteiger partial charge on any atom is -0.382 e. The van der Waals surface area contributed by atoms with E-state index in [4.69, 9.17) is 5.73 Å². The molecule has 170 valence electrons. The van der Waals surface area contributed by atoms with Gasteiger partial charge in [0.25, 0.3) is 5.91 Å². The average Bonchev–Trinajstić information content (AvgIpc) is 3.29. The highest BCUT2D eigenvalue weighted by molar-refractivity contribution is 5.98. The van der Waals surface area contributed by atoms with E-state index in [-0.39, 0.29) is 11.9 Å². The van der Waals surface area contributed by atoms with E-state index in [1.54, 1.807) is 40.0 Å². The van der Waals surface area contributed by atoms with Crippen molar-refractivity contribution in [2.75, 3.05) is 5.73 Å². The maximum absolute atomic E-state index is 13.7. The third-order valence-electron chi connectivity index (χ3n) is 6.22. The lowest BCUT2D eigenvalue weighted by Gasteiger charge is -2.40. The van der Waals surface area contributed by atoms with Crippen molar-refractivity contribution >= 4 is 28.3 Å². The monoisotopic (exact) mass is 454 g/mol. The van der Waals surface area contributed by atoms with Crippen LogP contribution in [0.5, 0.6) is 0 Å². The number of aromatic nitrogens is 4. The average molecular weight is 454 g/mol. The number of anilines is 1. The van der Waals surface area contributed by atoms with Crippen LogP contribution in [-0.2, 0) is 6.18 Å². The number of fused-ring (bicyclic) bond motifs is 3. The summed E-state index contributed by atoms with van der Waals surface area (Å²) in [5.74, 6) is 0.137. The van der Waals surface area contributed by atoms with Crippen LogP contribution in [0, 0.1) is 0 Å². The number of alkyl halides is 3. The molecule has 0 spiro atoms. The standard InChI is InChI=1S/C23H21F3N6O/c1-13-3-2-4-18(16-8-6-15(10-29-16)23(24,25)26)32(13)22(33)14-5-7-17-19(9-14)31-12-28-11-20(31)21(27)30-17/h5-13,18H,2-4H2,1H3,(H2,27,30). The van der Waals surface area contributed by atoms with Crippen LogP contribution in [0.25, 0.3) is 16.6 Å². The lowest BCUT2D eigenvalue weighted by Crippen LogP contribution is -2.44. The molecule has 2 unspecified atom stereocenters. The van der Waals surface area contributed by atoms with Crippen molar-refractivity contribution < 1.29 is 18.0 Å². The van der Waals surface area contributed by atoms with E-state index in [0.29, 0.717) is 40.0 Å². The minimum atomic E-state index is -4.46. The van der Waals surface area contributed by atoms with Crippen LogP contribution >= 0.6 is 0 Å². The molecule has 2 N–H and O–H groups in total. The van der Waals surface area contributed by atoms with E-state index >= 15 is 0 Å². The number of nitrogen functional groups attached to an aromatic ring is 1. The number of likely N-dealkylation sites (tertiary alicyclic amines) is 1. The summed E-state index contributed by atoms with van der Waals surface area (Å²) in [7, 11) is 0. The Labute approximate surface area is 187 Å². The molecule has 0 bridgehead atoms.